The lowest BCUT2D eigenvalue weighted by Gasteiger charge is -2.40. The molecule has 0 spiro atoms. The van der Waals surface area contributed by atoms with Crippen LogP contribution in [0, 0.1) is 5.92 Å². The number of hydrogen-bond acceptors (Lipinski definition) is 6. The number of thioether (sulfide) groups is 1. The summed E-state index contributed by atoms with van der Waals surface area (Å²) in [7, 11) is -3.21. The average Bonchev–Trinajstić information content (AvgIpc) is 2.38. The summed E-state index contributed by atoms with van der Waals surface area (Å²) in [5, 5.41) is -0.596. The van der Waals surface area contributed by atoms with Crippen molar-refractivity contribution in [3.05, 3.63) is 0 Å². The molecule has 3 N–H and O–H groups in total. The van der Waals surface area contributed by atoms with Gasteiger partial charge in [0, 0.05) is 23.8 Å². The zero-order chi connectivity index (χ0) is 14.6. The number of sulfone groups is 1. The molecule has 1 fully saturated rings. The molecule has 0 aromatic rings. The minimum Gasteiger partial charge on any atom is -0.293 e. The van der Waals surface area contributed by atoms with E-state index in [-0.39, 0.29) is 17.6 Å². The molecule has 1 rings (SSSR count). The number of nitrogens with zero attached hydrogens (tertiary/aromatic N) is 1. The fraction of sp³-hybridized carbons (Fsp3) is 0.909. The zero-order valence-electron chi connectivity index (χ0n) is 11.6. The van der Waals surface area contributed by atoms with Crippen molar-refractivity contribution in [1.82, 2.24) is 10.3 Å². The number of carbonyl (C=O) groups excluding carboxylic acids is 1. The molecule has 19 heavy (non-hydrogen) atoms. The number of hydrogen-bond donors (Lipinski definition) is 2. The van der Waals surface area contributed by atoms with Crippen LogP contribution in [-0.4, -0.2) is 54.4 Å². The van der Waals surface area contributed by atoms with Gasteiger partial charge in [0.2, 0.25) is 0 Å². The van der Waals surface area contributed by atoms with Gasteiger partial charge in [-0.05, 0) is 5.92 Å². The van der Waals surface area contributed by atoms with Gasteiger partial charge in [0.25, 0.3) is 5.91 Å². The molecule has 1 saturated heterocycles. The Morgan fingerprint density at radius 2 is 2.16 bits per heavy atom. The summed E-state index contributed by atoms with van der Waals surface area (Å²) in [6.07, 6.45) is 0. The van der Waals surface area contributed by atoms with Gasteiger partial charge in [0.15, 0.2) is 9.84 Å². The molecule has 0 bridgehead atoms. The molecule has 0 saturated carbocycles. The average molecular weight is 309 g/mol. The van der Waals surface area contributed by atoms with Crippen molar-refractivity contribution in [3.8, 4) is 0 Å². The van der Waals surface area contributed by atoms with Crippen LogP contribution in [0.1, 0.15) is 20.8 Å². The van der Waals surface area contributed by atoms with Crippen LogP contribution >= 0.6 is 11.8 Å². The first kappa shape index (κ1) is 16.7. The van der Waals surface area contributed by atoms with E-state index >= 15 is 0 Å². The van der Waals surface area contributed by atoms with Crippen LogP contribution in [0.2, 0.25) is 0 Å². The van der Waals surface area contributed by atoms with E-state index in [1.165, 1.54) is 0 Å². The number of hydrazine groups is 1. The maximum absolute atomic E-state index is 12.2. The van der Waals surface area contributed by atoms with Crippen molar-refractivity contribution >= 4 is 27.5 Å². The van der Waals surface area contributed by atoms with Crippen LogP contribution in [0.15, 0.2) is 0 Å². The van der Waals surface area contributed by atoms with E-state index in [2.05, 4.69) is 5.43 Å². The van der Waals surface area contributed by atoms with Crippen molar-refractivity contribution < 1.29 is 13.2 Å². The lowest BCUT2D eigenvalue weighted by Crippen LogP contribution is -2.59. The van der Waals surface area contributed by atoms with Crippen molar-refractivity contribution in [1.29, 1.82) is 0 Å². The minimum atomic E-state index is -3.21. The summed E-state index contributed by atoms with van der Waals surface area (Å²) in [5.74, 6) is 6.33. The first-order valence-corrected chi connectivity index (χ1v) is 9.27. The van der Waals surface area contributed by atoms with E-state index in [1.54, 1.807) is 23.6 Å². The molecule has 1 aliphatic heterocycles. The molecule has 0 aromatic carbocycles. The Bertz CT molecular complexity index is 411. The van der Waals surface area contributed by atoms with E-state index in [1.807, 2.05) is 13.8 Å². The van der Waals surface area contributed by atoms with Gasteiger partial charge in [-0.1, -0.05) is 20.8 Å². The molecule has 2 atom stereocenters. The number of amides is 1. The highest BCUT2D eigenvalue weighted by Crippen LogP contribution is 2.26. The summed E-state index contributed by atoms with van der Waals surface area (Å²) in [6.45, 7) is 6.03. The fourth-order valence-corrected chi connectivity index (χ4v) is 5.39. The number of nitrogens with one attached hydrogen (secondary N) is 1. The lowest BCUT2D eigenvalue weighted by atomic mass is 10.0. The lowest BCUT2D eigenvalue weighted by molar-refractivity contribution is -0.128. The van der Waals surface area contributed by atoms with Gasteiger partial charge in [-0.3, -0.25) is 15.1 Å². The van der Waals surface area contributed by atoms with Crippen LogP contribution in [-0.2, 0) is 14.6 Å². The van der Waals surface area contributed by atoms with Crippen LogP contribution < -0.4 is 11.3 Å². The second-order valence-electron chi connectivity index (χ2n) is 4.92. The predicted octanol–water partition coefficient (Wildman–Crippen LogP) is -0.189. The Morgan fingerprint density at radius 1 is 1.53 bits per heavy atom. The standard InChI is InChI=1S/C11H23N3O3S2/c1-4-19(16,17)9-7-18-6-5-14(9)10(8(2)3)11(15)13-12/h8-10H,4-7,12H2,1-3H3,(H,13,15). The Balaban J connectivity index is 3.07. The van der Waals surface area contributed by atoms with E-state index in [0.29, 0.717) is 12.3 Å². The first-order chi connectivity index (χ1) is 8.85. The number of nitrogens with two attached hydrogens (primary N) is 1. The third-order valence-electron chi connectivity index (χ3n) is 3.34. The Kier molecular flexibility index (Phi) is 6.10. The quantitative estimate of drug-likeness (QED) is 0.415. The van der Waals surface area contributed by atoms with Crippen LogP contribution in [0.25, 0.3) is 0 Å². The SMILES string of the molecule is CCS(=O)(=O)C1CSCCN1C(C(=O)NN)C(C)C. The minimum absolute atomic E-state index is 0.00112. The molecule has 0 aliphatic carbocycles. The van der Waals surface area contributed by atoms with E-state index in [4.69, 9.17) is 5.84 Å². The molecule has 0 aromatic heterocycles. The monoisotopic (exact) mass is 309 g/mol. The largest absolute Gasteiger partial charge is 0.293 e. The van der Waals surface area contributed by atoms with E-state index in [9.17, 15) is 13.2 Å². The molecule has 112 valence electrons. The molecular weight excluding hydrogens is 286 g/mol. The molecule has 1 heterocycles. The first-order valence-electron chi connectivity index (χ1n) is 6.40. The van der Waals surface area contributed by atoms with Crippen LogP contribution in [0.3, 0.4) is 0 Å². The van der Waals surface area contributed by atoms with Gasteiger partial charge in [0.1, 0.15) is 5.37 Å². The molecule has 6 nitrogen and oxygen atoms in total. The second-order valence-corrected chi connectivity index (χ2v) is 8.51. The van der Waals surface area contributed by atoms with Crippen molar-refractivity contribution in [2.24, 2.45) is 11.8 Å². The Morgan fingerprint density at radius 3 is 2.63 bits per heavy atom. The second kappa shape index (κ2) is 6.92. The zero-order valence-corrected chi connectivity index (χ0v) is 13.3. The Labute approximate surface area is 119 Å². The van der Waals surface area contributed by atoms with Crippen molar-refractivity contribution in [2.75, 3.05) is 23.8 Å². The normalized spacial score (nSPS) is 23.3. The third kappa shape index (κ3) is 3.84. The van der Waals surface area contributed by atoms with Crippen molar-refractivity contribution in [3.63, 3.8) is 0 Å². The molecule has 2 unspecified atom stereocenters. The van der Waals surface area contributed by atoms with Gasteiger partial charge in [0.05, 0.1) is 6.04 Å². The summed E-state index contributed by atoms with van der Waals surface area (Å²) in [6, 6.07) is -0.503. The van der Waals surface area contributed by atoms with Crippen LogP contribution in [0.4, 0.5) is 0 Å². The third-order valence-corrected chi connectivity index (χ3v) is 6.65. The topological polar surface area (TPSA) is 92.5 Å². The van der Waals surface area contributed by atoms with E-state index < -0.39 is 21.3 Å². The van der Waals surface area contributed by atoms with Crippen molar-refractivity contribution in [2.45, 2.75) is 32.2 Å². The highest BCUT2D eigenvalue weighted by atomic mass is 32.2. The molecule has 1 amide bonds. The van der Waals surface area contributed by atoms with E-state index in [0.717, 1.165) is 5.75 Å². The van der Waals surface area contributed by atoms with Gasteiger partial charge in [-0.2, -0.15) is 11.8 Å². The Hall–Kier alpha value is -0.310. The predicted molar refractivity (Wildman–Crippen MR) is 78.2 cm³/mol. The van der Waals surface area contributed by atoms with Gasteiger partial charge < -0.3 is 0 Å². The number of rotatable bonds is 5. The summed E-state index contributed by atoms with van der Waals surface area (Å²) >= 11 is 1.61. The van der Waals surface area contributed by atoms with Gasteiger partial charge >= 0.3 is 0 Å². The summed E-state index contributed by atoms with van der Waals surface area (Å²) < 4.78 is 24.4. The maximum Gasteiger partial charge on any atom is 0.251 e. The smallest absolute Gasteiger partial charge is 0.251 e. The fourth-order valence-electron chi connectivity index (χ4n) is 2.34. The summed E-state index contributed by atoms with van der Waals surface area (Å²) in [5.41, 5.74) is 2.15. The van der Waals surface area contributed by atoms with Crippen LogP contribution in [0.5, 0.6) is 0 Å². The highest BCUT2D eigenvalue weighted by molar-refractivity contribution is 8.01. The van der Waals surface area contributed by atoms with Gasteiger partial charge in [-0.15, -0.1) is 0 Å². The molecule has 8 heteroatoms. The molecule has 0 radical (unpaired) electrons. The molecular formula is C11H23N3O3S2. The summed E-state index contributed by atoms with van der Waals surface area (Å²) in [4.78, 5) is 13.7. The van der Waals surface area contributed by atoms with Gasteiger partial charge in [-0.25, -0.2) is 14.3 Å². The number of carbonyl (C=O) groups is 1. The highest BCUT2D eigenvalue weighted by Gasteiger charge is 2.40. The maximum atomic E-state index is 12.2. The molecule has 1 aliphatic rings.